The van der Waals surface area contributed by atoms with E-state index in [9.17, 15) is 18.7 Å². The van der Waals surface area contributed by atoms with Gasteiger partial charge in [-0.3, -0.25) is 4.79 Å². The lowest BCUT2D eigenvalue weighted by Gasteiger charge is -2.26. The fourth-order valence-electron chi connectivity index (χ4n) is 6.01. The van der Waals surface area contributed by atoms with Crippen molar-refractivity contribution in [3.05, 3.63) is 53.5 Å². The number of carbonyl (C=O) groups excluding carboxylic acids is 1. The first kappa shape index (κ1) is 27.0. The molecule has 0 spiro atoms. The molecular formula is C30H33F3N2O5. The molecule has 3 heterocycles. The number of aromatic nitrogens is 1. The van der Waals surface area contributed by atoms with Crippen molar-refractivity contribution in [1.29, 1.82) is 0 Å². The predicted octanol–water partition coefficient (Wildman–Crippen LogP) is 5.86. The average molecular weight is 559 g/mol. The fraction of sp³-hybridized carbons (Fsp3) is 0.500. The van der Waals surface area contributed by atoms with Crippen LogP contribution in [0.15, 0.2) is 36.4 Å². The van der Waals surface area contributed by atoms with Gasteiger partial charge in [0.2, 0.25) is 5.91 Å². The Kier molecular flexibility index (Phi) is 5.98. The summed E-state index contributed by atoms with van der Waals surface area (Å²) < 4.78 is 59.5. The normalized spacial score (nSPS) is 22.1. The van der Waals surface area contributed by atoms with Crippen LogP contribution in [0.2, 0.25) is 0 Å². The Morgan fingerprint density at radius 3 is 2.50 bits per heavy atom. The molecule has 1 saturated carbocycles. The molecule has 0 bridgehead atoms. The molecule has 2 aromatic carbocycles. The lowest BCUT2D eigenvalue weighted by molar-refractivity contribution is -0.286. The van der Waals surface area contributed by atoms with Crippen molar-refractivity contribution in [2.45, 2.75) is 76.2 Å². The second kappa shape index (κ2) is 8.88. The summed E-state index contributed by atoms with van der Waals surface area (Å²) in [4.78, 5) is 13.4. The van der Waals surface area contributed by atoms with E-state index in [1.165, 1.54) is 18.2 Å². The summed E-state index contributed by atoms with van der Waals surface area (Å²) in [5.41, 5.74) is 0.312. The van der Waals surface area contributed by atoms with Crippen LogP contribution in [-0.2, 0) is 26.9 Å². The molecule has 0 radical (unpaired) electrons. The maximum atomic E-state index is 15.5. The van der Waals surface area contributed by atoms with E-state index >= 15 is 4.39 Å². The topological polar surface area (TPSA) is 82.0 Å². The van der Waals surface area contributed by atoms with Gasteiger partial charge in [-0.1, -0.05) is 19.9 Å². The van der Waals surface area contributed by atoms with Crippen LogP contribution in [0.25, 0.3) is 10.9 Å². The number of benzene rings is 2. The van der Waals surface area contributed by atoms with E-state index in [1.807, 2.05) is 19.9 Å². The van der Waals surface area contributed by atoms with Crippen LogP contribution < -0.4 is 14.8 Å². The van der Waals surface area contributed by atoms with E-state index in [0.29, 0.717) is 37.1 Å². The van der Waals surface area contributed by atoms with Gasteiger partial charge in [0.25, 0.3) is 0 Å². The Bertz CT molecular complexity index is 1510. The molecule has 2 aliphatic heterocycles. The highest BCUT2D eigenvalue weighted by Crippen LogP contribution is 2.52. The average Bonchev–Trinajstić information content (AvgIpc) is 3.39. The van der Waals surface area contributed by atoms with Gasteiger partial charge < -0.3 is 29.2 Å². The van der Waals surface area contributed by atoms with E-state index in [-0.39, 0.29) is 35.3 Å². The summed E-state index contributed by atoms with van der Waals surface area (Å²) in [7, 11) is 0. The maximum absolute atomic E-state index is 15.5. The van der Waals surface area contributed by atoms with Crippen molar-refractivity contribution < 1.29 is 37.3 Å². The third kappa shape index (κ3) is 4.60. The second-order valence-corrected chi connectivity index (χ2v) is 12.6. The molecule has 0 unspecified atom stereocenters. The van der Waals surface area contributed by atoms with Gasteiger partial charge >= 0.3 is 6.29 Å². The van der Waals surface area contributed by atoms with E-state index in [0.717, 1.165) is 17.5 Å². The summed E-state index contributed by atoms with van der Waals surface area (Å²) in [5.74, 6) is -1.00. The first-order valence-corrected chi connectivity index (χ1v) is 13.5. The zero-order valence-corrected chi connectivity index (χ0v) is 22.9. The molecule has 1 saturated heterocycles. The highest BCUT2D eigenvalue weighted by Gasteiger charge is 2.53. The number of fused-ring (bicyclic) bond motifs is 2. The Hall–Kier alpha value is -3.24. The van der Waals surface area contributed by atoms with Crippen molar-refractivity contribution in [2.75, 3.05) is 18.5 Å². The molecule has 2 N–H and O–H groups in total. The van der Waals surface area contributed by atoms with Gasteiger partial charge in [-0.15, -0.1) is 8.78 Å². The molecule has 10 heteroatoms. The number of alkyl halides is 2. The number of halogens is 3. The van der Waals surface area contributed by atoms with Gasteiger partial charge in [0.15, 0.2) is 11.5 Å². The van der Waals surface area contributed by atoms with E-state index in [4.69, 9.17) is 4.74 Å². The quantitative estimate of drug-likeness (QED) is 0.380. The minimum Gasteiger partial charge on any atom is -0.395 e. The number of ether oxygens (including phenoxy) is 3. The first-order valence-electron chi connectivity index (χ1n) is 13.5. The predicted molar refractivity (Wildman–Crippen MR) is 142 cm³/mol. The molecule has 1 aliphatic carbocycles. The first-order chi connectivity index (χ1) is 18.7. The molecule has 214 valence electrons. The zero-order valence-electron chi connectivity index (χ0n) is 22.9. The number of hydrogen-bond donors (Lipinski definition) is 2. The summed E-state index contributed by atoms with van der Waals surface area (Å²) >= 11 is 0. The lowest BCUT2D eigenvalue weighted by atomic mass is 9.89. The number of hydrogen-bond acceptors (Lipinski definition) is 5. The monoisotopic (exact) mass is 558 g/mol. The van der Waals surface area contributed by atoms with Gasteiger partial charge in [-0.2, -0.15) is 0 Å². The largest absolute Gasteiger partial charge is 0.586 e. The smallest absolute Gasteiger partial charge is 0.395 e. The molecule has 7 nitrogen and oxygen atoms in total. The Morgan fingerprint density at radius 2 is 1.85 bits per heavy atom. The second-order valence-electron chi connectivity index (χ2n) is 12.6. The van der Waals surface area contributed by atoms with Crippen LogP contribution in [-0.4, -0.2) is 40.7 Å². The Balaban J connectivity index is 1.30. The molecule has 6 rings (SSSR count). The lowest BCUT2D eigenvalue weighted by Crippen LogP contribution is -2.28. The molecule has 40 heavy (non-hydrogen) atoms. The van der Waals surface area contributed by atoms with Gasteiger partial charge in [-0.25, -0.2) is 4.39 Å². The number of rotatable bonds is 7. The van der Waals surface area contributed by atoms with Gasteiger partial charge in [0.1, 0.15) is 5.82 Å². The molecule has 1 amide bonds. The highest BCUT2D eigenvalue weighted by molar-refractivity contribution is 6.03. The van der Waals surface area contributed by atoms with Crippen molar-refractivity contribution in [2.24, 2.45) is 5.92 Å². The number of anilines is 1. The van der Waals surface area contributed by atoms with Crippen molar-refractivity contribution >= 4 is 22.5 Å². The van der Waals surface area contributed by atoms with Crippen LogP contribution in [0, 0.1) is 11.7 Å². The van der Waals surface area contributed by atoms with Crippen LogP contribution >= 0.6 is 0 Å². The SMILES string of the molecule is CC1(C)C[C@H](Cn2c(C(C)(C)CO)cc3cc(NC(=O)C4(c5ccc6c(c5)OC(F)(F)O6)CC4)c(F)cc32)CO1. The minimum atomic E-state index is -3.75. The number of carbonyl (C=O) groups is 1. The third-order valence-corrected chi connectivity index (χ3v) is 8.40. The number of aliphatic hydroxyl groups excluding tert-OH is 1. The maximum Gasteiger partial charge on any atom is 0.586 e. The number of aliphatic hydroxyl groups is 1. The van der Waals surface area contributed by atoms with Crippen LogP contribution in [0.1, 0.15) is 58.2 Å². The molecular weight excluding hydrogens is 525 g/mol. The van der Waals surface area contributed by atoms with Crippen molar-refractivity contribution in [3.63, 3.8) is 0 Å². The minimum absolute atomic E-state index is 0.0342. The molecule has 2 fully saturated rings. The summed E-state index contributed by atoms with van der Waals surface area (Å²) in [6.45, 7) is 9.10. The van der Waals surface area contributed by atoms with Crippen molar-refractivity contribution in [1.82, 2.24) is 4.57 Å². The third-order valence-electron chi connectivity index (χ3n) is 8.40. The van der Waals surface area contributed by atoms with E-state index in [2.05, 4.69) is 33.2 Å². The number of amides is 1. The van der Waals surface area contributed by atoms with Crippen LogP contribution in [0.5, 0.6) is 11.5 Å². The van der Waals surface area contributed by atoms with Crippen molar-refractivity contribution in [3.8, 4) is 11.5 Å². The van der Waals surface area contributed by atoms with Gasteiger partial charge in [0.05, 0.1) is 35.4 Å². The number of nitrogens with one attached hydrogen (secondary N) is 1. The Labute approximate surface area is 230 Å². The summed E-state index contributed by atoms with van der Waals surface area (Å²) in [5, 5.41) is 13.6. The number of nitrogens with zero attached hydrogens (tertiary/aromatic N) is 1. The molecule has 3 aliphatic rings. The molecule has 3 aromatic rings. The Morgan fingerprint density at radius 1 is 1.12 bits per heavy atom. The van der Waals surface area contributed by atoms with Crippen LogP contribution in [0.4, 0.5) is 18.9 Å². The highest BCUT2D eigenvalue weighted by atomic mass is 19.3. The summed E-state index contributed by atoms with van der Waals surface area (Å²) in [6, 6.07) is 9.28. The van der Waals surface area contributed by atoms with Gasteiger partial charge in [-0.05, 0) is 62.9 Å². The van der Waals surface area contributed by atoms with Crippen LogP contribution in [0.3, 0.4) is 0 Å². The fourth-order valence-corrected chi connectivity index (χ4v) is 6.01. The molecule has 1 atom stereocenters. The summed E-state index contributed by atoms with van der Waals surface area (Å²) in [6.07, 6.45) is -1.91. The van der Waals surface area contributed by atoms with E-state index < -0.39 is 28.8 Å². The van der Waals surface area contributed by atoms with E-state index in [1.54, 1.807) is 12.1 Å². The molecule has 1 aromatic heterocycles. The zero-order chi connectivity index (χ0) is 28.7. The standard InChI is InChI=1S/C30H33F3N2O5/c1-27(2,16-36)25-10-18-9-21(20(31)12-22(18)35(25)14-17-13-28(3,4)38-15-17)34-26(37)29(7-8-29)19-5-6-23-24(11-19)40-30(32,33)39-23/h5-6,9-12,17,36H,7-8,13-16H2,1-4H3,(H,34,37)/t17-/m1/s1. The van der Waals surface area contributed by atoms with Gasteiger partial charge in [0, 0.05) is 35.0 Å².